The number of sulfonamides is 2. The van der Waals surface area contributed by atoms with E-state index in [1.165, 1.54) is 12.1 Å². The summed E-state index contributed by atoms with van der Waals surface area (Å²) < 4.78 is 93.1. The van der Waals surface area contributed by atoms with Crippen molar-refractivity contribution in [3.63, 3.8) is 0 Å². The SMILES string of the molecule is CCCS(=O)(=O)CCc1cccc(Nc2nc(Cl)ncc2C)c1.CCCS(=O)(=O)CCc1cccc(Nc2nc(Nc3ccc(C)c(S(N)(=O)=O)c3)ncc2C)c1.Cc1ccc(N)cc1S(N)(=O)=O. The average molecular weight is 1040 g/mol. The first-order chi connectivity index (χ1) is 32.3. The van der Waals surface area contributed by atoms with Crippen molar-refractivity contribution in [1.29, 1.82) is 0 Å². The first-order valence-electron chi connectivity index (χ1n) is 21.5. The molecule has 23 heteroatoms. The maximum Gasteiger partial charge on any atom is 0.238 e. The molecule has 2 heterocycles. The Morgan fingerprint density at radius 2 is 0.971 bits per heavy atom. The summed E-state index contributed by atoms with van der Waals surface area (Å²) in [5, 5.41) is 19.9. The van der Waals surface area contributed by atoms with Crippen LogP contribution in [0.5, 0.6) is 0 Å². The summed E-state index contributed by atoms with van der Waals surface area (Å²) in [7, 11) is -13.5. The number of nitrogens with two attached hydrogens (primary N) is 3. The Morgan fingerprint density at radius 3 is 1.45 bits per heavy atom. The summed E-state index contributed by atoms with van der Waals surface area (Å²) in [5.74, 6) is 2.20. The van der Waals surface area contributed by atoms with Crippen molar-refractivity contribution < 1.29 is 33.7 Å². The number of aryl methyl sites for hydroxylation is 6. The van der Waals surface area contributed by atoms with Gasteiger partial charge in [0.1, 0.15) is 11.6 Å². The van der Waals surface area contributed by atoms with Gasteiger partial charge in [0.05, 0.1) is 21.3 Å². The standard InChI is InChI=1S/C23H29N5O4S2.C16H20ClN3O2S.C7H10N2O2S/c1-4-11-33(29,30)12-10-18-6-5-7-19(13-18)26-22-17(3)15-25-23(28-22)27-20-9-8-16(2)21(14-20)34(24,31)32;1-3-8-23(21,22)9-7-13-5-4-6-14(10-13)19-15-12(2)11-18-16(17)20-15;1-5-2-3-6(8)4-7(5)12(9,10)11/h5-9,13-15H,4,10-12H2,1-3H3,(H2,24,31,32)(H2,25,26,27,28);4-6,10-11H,3,7-9H2,1-2H3,(H,18,19,20);2-4H,8H2,1H3,(H2,9,10,11). The molecule has 0 spiro atoms. The highest BCUT2D eigenvalue weighted by Gasteiger charge is 2.15. The molecule has 0 radical (unpaired) electrons. The highest BCUT2D eigenvalue weighted by Crippen LogP contribution is 2.25. The van der Waals surface area contributed by atoms with E-state index in [1.807, 2.05) is 76.2 Å². The minimum absolute atomic E-state index is 0.0285. The van der Waals surface area contributed by atoms with Crippen LogP contribution in [0, 0.1) is 27.7 Å². The minimum Gasteiger partial charge on any atom is -0.399 e. The molecule has 0 bridgehead atoms. The second kappa shape index (κ2) is 24.7. The topological polar surface area (TPSA) is 302 Å². The van der Waals surface area contributed by atoms with E-state index >= 15 is 0 Å². The van der Waals surface area contributed by atoms with E-state index in [0.29, 0.717) is 59.8 Å². The van der Waals surface area contributed by atoms with Gasteiger partial charge in [-0.2, -0.15) is 4.98 Å². The molecule has 0 fully saturated rings. The zero-order valence-corrected chi connectivity index (χ0v) is 43.2. The number of aromatic nitrogens is 4. The van der Waals surface area contributed by atoms with Crippen LogP contribution in [-0.4, -0.2) is 76.6 Å². The van der Waals surface area contributed by atoms with Gasteiger partial charge in [0.25, 0.3) is 0 Å². The molecule has 6 rings (SSSR count). The number of nitrogens with zero attached hydrogens (tertiary/aromatic N) is 4. The number of sulfone groups is 2. The van der Waals surface area contributed by atoms with Gasteiger partial charge in [-0.15, -0.1) is 0 Å². The summed E-state index contributed by atoms with van der Waals surface area (Å²) in [6, 6.07) is 24.6. The van der Waals surface area contributed by atoms with Crippen LogP contribution in [0.2, 0.25) is 5.28 Å². The summed E-state index contributed by atoms with van der Waals surface area (Å²) in [6.07, 6.45) is 5.50. The molecular weight excluding hydrogens is 984 g/mol. The van der Waals surface area contributed by atoms with E-state index in [-0.39, 0.29) is 44.0 Å². The molecule has 69 heavy (non-hydrogen) atoms. The van der Waals surface area contributed by atoms with E-state index < -0.39 is 39.7 Å². The van der Waals surface area contributed by atoms with Gasteiger partial charge in [-0.1, -0.05) is 50.2 Å². The smallest absolute Gasteiger partial charge is 0.238 e. The highest BCUT2D eigenvalue weighted by atomic mass is 35.5. The average Bonchev–Trinajstić information content (AvgIpc) is 3.26. The van der Waals surface area contributed by atoms with Crippen LogP contribution in [0.3, 0.4) is 0 Å². The van der Waals surface area contributed by atoms with Crippen molar-refractivity contribution in [2.45, 2.75) is 77.0 Å². The molecule has 0 aliphatic heterocycles. The van der Waals surface area contributed by atoms with Crippen LogP contribution in [0.15, 0.2) is 107 Å². The molecule has 0 unspecified atom stereocenters. The number of halogens is 1. The molecule has 0 saturated heterocycles. The Morgan fingerprint density at radius 1 is 0.522 bits per heavy atom. The Bertz CT molecular complexity index is 3200. The fourth-order valence-corrected chi connectivity index (χ4v) is 11.0. The Balaban J connectivity index is 0.000000254. The highest BCUT2D eigenvalue weighted by molar-refractivity contribution is 7.91. The Kier molecular flexibility index (Phi) is 20.0. The van der Waals surface area contributed by atoms with Gasteiger partial charge in [-0.25, -0.2) is 58.9 Å². The molecule has 0 aliphatic carbocycles. The third-order valence-electron chi connectivity index (χ3n) is 10.00. The van der Waals surface area contributed by atoms with Crippen molar-refractivity contribution in [2.24, 2.45) is 10.3 Å². The zero-order valence-electron chi connectivity index (χ0n) is 39.2. The Labute approximate surface area is 410 Å². The van der Waals surface area contributed by atoms with Gasteiger partial charge in [-0.3, -0.25) is 0 Å². The summed E-state index contributed by atoms with van der Waals surface area (Å²) in [6.45, 7) is 10.8. The molecule has 0 atom stereocenters. The fraction of sp³-hybridized carbons (Fsp3) is 0.304. The summed E-state index contributed by atoms with van der Waals surface area (Å²) >= 11 is 5.82. The van der Waals surface area contributed by atoms with Gasteiger partial charge in [-0.05, 0) is 136 Å². The number of hydrogen-bond donors (Lipinski definition) is 6. The molecular formula is C46H59ClN10O8S4. The van der Waals surface area contributed by atoms with Crippen LogP contribution in [0.1, 0.15) is 60.1 Å². The molecule has 0 saturated carbocycles. The van der Waals surface area contributed by atoms with Crippen molar-refractivity contribution >= 4 is 91.7 Å². The van der Waals surface area contributed by atoms with E-state index in [4.69, 9.17) is 27.6 Å². The van der Waals surface area contributed by atoms with Crippen molar-refractivity contribution in [3.8, 4) is 0 Å². The number of nitrogens with one attached hydrogen (secondary N) is 3. The van der Waals surface area contributed by atoms with E-state index in [0.717, 1.165) is 33.6 Å². The second-order valence-electron chi connectivity index (χ2n) is 16.1. The monoisotopic (exact) mass is 1040 g/mol. The molecule has 2 aromatic heterocycles. The number of primary sulfonamides is 2. The van der Waals surface area contributed by atoms with Gasteiger partial charge in [0, 0.05) is 57.8 Å². The van der Waals surface area contributed by atoms with E-state index in [2.05, 4.69) is 35.9 Å². The van der Waals surface area contributed by atoms with Gasteiger partial charge >= 0.3 is 0 Å². The first kappa shape index (κ1) is 55.8. The lowest BCUT2D eigenvalue weighted by molar-refractivity contribution is 0.592. The van der Waals surface area contributed by atoms with Crippen LogP contribution in [-0.2, 0) is 52.6 Å². The normalized spacial score (nSPS) is 11.7. The lowest BCUT2D eigenvalue weighted by Gasteiger charge is -2.13. The lowest BCUT2D eigenvalue weighted by Crippen LogP contribution is -2.14. The number of benzene rings is 4. The van der Waals surface area contributed by atoms with Gasteiger partial charge in [0.2, 0.25) is 31.3 Å². The maximum atomic E-state index is 12.0. The molecule has 0 aliphatic rings. The van der Waals surface area contributed by atoms with Gasteiger partial charge < -0.3 is 21.7 Å². The van der Waals surface area contributed by atoms with Crippen molar-refractivity contribution in [2.75, 3.05) is 44.7 Å². The number of rotatable bonds is 18. The van der Waals surface area contributed by atoms with Crippen LogP contribution >= 0.6 is 11.6 Å². The predicted octanol–water partition coefficient (Wildman–Crippen LogP) is 7.37. The number of hydrogen-bond acceptors (Lipinski definition) is 16. The molecule has 0 amide bonds. The molecule has 4 aromatic carbocycles. The first-order valence-corrected chi connectivity index (χ1v) is 28.6. The largest absolute Gasteiger partial charge is 0.399 e. The van der Waals surface area contributed by atoms with E-state index in [1.54, 1.807) is 50.5 Å². The van der Waals surface area contributed by atoms with Crippen molar-refractivity contribution in [3.05, 3.63) is 136 Å². The van der Waals surface area contributed by atoms with Crippen molar-refractivity contribution in [1.82, 2.24) is 19.9 Å². The minimum atomic E-state index is -3.86. The summed E-state index contributed by atoms with van der Waals surface area (Å²) in [4.78, 5) is 17.0. The van der Waals surface area contributed by atoms with Crippen LogP contribution < -0.4 is 32.0 Å². The lowest BCUT2D eigenvalue weighted by atomic mass is 10.1. The molecule has 9 N–H and O–H groups in total. The molecule has 6 aromatic rings. The zero-order chi connectivity index (χ0) is 51.2. The third kappa shape index (κ3) is 18.6. The van der Waals surface area contributed by atoms with E-state index in [9.17, 15) is 33.7 Å². The number of anilines is 7. The van der Waals surface area contributed by atoms with Crippen LogP contribution in [0.25, 0.3) is 0 Å². The van der Waals surface area contributed by atoms with Crippen LogP contribution in [0.4, 0.5) is 40.3 Å². The molecule has 18 nitrogen and oxygen atoms in total. The maximum absolute atomic E-state index is 12.0. The predicted molar refractivity (Wildman–Crippen MR) is 276 cm³/mol. The fourth-order valence-electron chi connectivity index (χ4n) is 6.47. The molecule has 372 valence electrons. The second-order valence-corrected chi connectivity index (χ2v) is 24.1. The quantitative estimate of drug-likeness (QED) is 0.0362. The van der Waals surface area contributed by atoms with Gasteiger partial charge in [0.15, 0.2) is 19.7 Å². The number of nitrogen functional groups attached to an aromatic ring is 1. The third-order valence-corrected chi connectivity index (χ3v) is 16.0. The summed E-state index contributed by atoms with van der Waals surface area (Å²) in [5.41, 5.74) is 12.6. The Hall–Kier alpha value is -5.75.